The third kappa shape index (κ3) is 37.1. The molecule has 0 aliphatic carbocycles. The van der Waals surface area contributed by atoms with Gasteiger partial charge in [-0.25, -0.2) is 4.57 Å². The van der Waals surface area contributed by atoms with E-state index in [9.17, 15) is 24.5 Å². The molecular formula is C43H82N2O7P+. The van der Waals surface area contributed by atoms with Gasteiger partial charge < -0.3 is 24.9 Å². The average molecular weight is 770 g/mol. The molecule has 0 aliphatic heterocycles. The van der Waals surface area contributed by atoms with Gasteiger partial charge in [0, 0.05) is 6.42 Å². The molecule has 1 amide bonds. The van der Waals surface area contributed by atoms with E-state index in [2.05, 4.69) is 37.4 Å². The lowest BCUT2D eigenvalue weighted by molar-refractivity contribution is -0.870. The van der Waals surface area contributed by atoms with Gasteiger partial charge in [0.1, 0.15) is 13.2 Å². The highest BCUT2D eigenvalue weighted by Gasteiger charge is 2.28. The molecule has 0 saturated heterocycles. The summed E-state index contributed by atoms with van der Waals surface area (Å²) in [7, 11) is 1.52. The Kier molecular flexibility index (Phi) is 33.8. The number of nitrogens with one attached hydrogen (secondary N) is 1. The second-order valence-corrected chi connectivity index (χ2v) is 17.0. The van der Waals surface area contributed by atoms with Crippen LogP contribution in [0.15, 0.2) is 48.6 Å². The van der Waals surface area contributed by atoms with Crippen molar-refractivity contribution in [3.8, 4) is 0 Å². The molecule has 0 spiro atoms. The number of nitrogens with zero attached hydrogens (tertiary/aromatic N) is 1. The number of amides is 1. The second kappa shape index (κ2) is 34.9. The SMILES string of the molecule is CCCCC/C=C\C/C=C\CC(O)/C=C\C=C\CCCC(=O)N[C@@H](COP(=O)(O)OCC[N+](C)(C)C)[C@H](O)CCCCCCCCCCCCCCC. The van der Waals surface area contributed by atoms with E-state index in [0.717, 1.165) is 32.1 Å². The molecule has 0 heterocycles. The minimum absolute atomic E-state index is 0.0473. The molecule has 0 fully saturated rings. The van der Waals surface area contributed by atoms with E-state index in [1.165, 1.54) is 83.5 Å². The molecule has 0 bridgehead atoms. The summed E-state index contributed by atoms with van der Waals surface area (Å²) < 4.78 is 23.5. The predicted octanol–water partition coefficient (Wildman–Crippen LogP) is 10.3. The standard InChI is InChI=1S/C43H81N2O7P/c1-6-8-10-12-14-16-17-18-19-21-23-27-31-35-42(47)41(39-52-53(49,50)51-38-37-45(3,4)5)44-43(48)36-32-28-24-26-30-34-40(46)33-29-25-22-20-15-13-11-9-7-2/h15,20,24-26,29-30,34,40-42,46-47H,6-14,16-19,21-23,27-28,31-33,35-39H2,1-5H3,(H-,44,48,49,50)/p+1/b20-15-,26-24+,29-25-,34-30-/t40?,41-,42+/m0/s1. The van der Waals surface area contributed by atoms with Crippen LogP contribution in [0.3, 0.4) is 0 Å². The first-order chi connectivity index (χ1) is 25.4. The minimum atomic E-state index is -4.35. The molecule has 4 atom stereocenters. The van der Waals surface area contributed by atoms with Crippen molar-refractivity contribution in [2.45, 2.75) is 180 Å². The van der Waals surface area contributed by atoms with Crippen LogP contribution in [-0.2, 0) is 18.4 Å². The number of likely N-dealkylation sites (N-methyl/N-ethyl adjacent to an activating group) is 1. The Morgan fingerprint density at radius 3 is 1.91 bits per heavy atom. The maximum atomic E-state index is 12.8. The molecular weight excluding hydrogens is 687 g/mol. The van der Waals surface area contributed by atoms with Crippen LogP contribution in [0.1, 0.15) is 162 Å². The van der Waals surface area contributed by atoms with Crippen LogP contribution in [0.2, 0.25) is 0 Å². The van der Waals surface area contributed by atoms with Crippen LogP contribution < -0.4 is 5.32 Å². The second-order valence-electron chi connectivity index (χ2n) is 15.6. The van der Waals surface area contributed by atoms with Crippen molar-refractivity contribution < 1.29 is 38.0 Å². The Bertz CT molecular complexity index is 1020. The quantitative estimate of drug-likeness (QED) is 0.0163. The number of unbranched alkanes of at least 4 members (excludes halogenated alkanes) is 16. The topological polar surface area (TPSA) is 125 Å². The first-order valence-electron chi connectivity index (χ1n) is 21.1. The van der Waals surface area contributed by atoms with Gasteiger partial charge in [-0.3, -0.25) is 13.8 Å². The zero-order valence-corrected chi connectivity index (χ0v) is 35.5. The maximum absolute atomic E-state index is 12.8. The zero-order valence-electron chi connectivity index (χ0n) is 34.6. The Balaban J connectivity index is 4.62. The minimum Gasteiger partial charge on any atom is -0.391 e. The van der Waals surface area contributed by atoms with E-state index in [4.69, 9.17) is 9.05 Å². The van der Waals surface area contributed by atoms with Crippen molar-refractivity contribution in [2.75, 3.05) is 40.9 Å². The van der Waals surface area contributed by atoms with Crippen molar-refractivity contribution >= 4 is 13.7 Å². The van der Waals surface area contributed by atoms with E-state index in [0.29, 0.717) is 36.7 Å². The first kappa shape index (κ1) is 51.4. The summed E-state index contributed by atoms with van der Waals surface area (Å²) in [6.45, 7) is 4.71. The molecule has 0 rings (SSSR count). The first-order valence-corrected chi connectivity index (χ1v) is 22.6. The molecule has 0 aromatic rings. The fraction of sp³-hybridized carbons (Fsp3) is 0.791. The summed E-state index contributed by atoms with van der Waals surface area (Å²) in [5.74, 6) is -0.247. The molecule has 0 aliphatic rings. The van der Waals surface area contributed by atoms with Crippen LogP contribution in [0.4, 0.5) is 0 Å². The smallest absolute Gasteiger partial charge is 0.391 e. The van der Waals surface area contributed by atoms with Gasteiger partial charge in [0.25, 0.3) is 0 Å². The Morgan fingerprint density at radius 1 is 0.717 bits per heavy atom. The molecule has 4 N–H and O–H groups in total. The fourth-order valence-electron chi connectivity index (χ4n) is 5.71. The number of phosphoric ester groups is 1. The largest absolute Gasteiger partial charge is 0.472 e. The number of rotatable bonds is 37. The fourth-order valence-corrected chi connectivity index (χ4v) is 6.44. The zero-order chi connectivity index (χ0) is 39.5. The highest BCUT2D eigenvalue weighted by atomic mass is 31.2. The van der Waals surface area contributed by atoms with Crippen LogP contribution >= 0.6 is 7.82 Å². The van der Waals surface area contributed by atoms with Crippen LogP contribution in [0.5, 0.6) is 0 Å². The number of hydrogen-bond acceptors (Lipinski definition) is 6. The summed E-state index contributed by atoms with van der Waals surface area (Å²) in [5, 5.41) is 24.0. The van der Waals surface area contributed by atoms with Gasteiger partial charge >= 0.3 is 7.82 Å². The summed E-state index contributed by atoms with van der Waals surface area (Å²) >= 11 is 0. The molecule has 2 unspecified atom stereocenters. The van der Waals surface area contributed by atoms with E-state index in [1.54, 1.807) is 6.08 Å². The van der Waals surface area contributed by atoms with Crippen LogP contribution in [0.25, 0.3) is 0 Å². The molecule has 0 aromatic heterocycles. The monoisotopic (exact) mass is 770 g/mol. The molecule has 310 valence electrons. The molecule has 53 heavy (non-hydrogen) atoms. The Hall–Kier alpha value is -1.58. The van der Waals surface area contributed by atoms with Gasteiger partial charge in [-0.1, -0.05) is 159 Å². The highest BCUT2D eigenvalue weighted by molar-refractivity contribution is 7.47. The Morgan fingerprint density at radius 2 is 1.28 bits per heavy atom. The van der Waals surface area contributed by atoms with Crippen molar-refractivity contribution in [1.29, 1.82) is 0 Å². The molecule has 9 nitrogen and oxygen atoms in total. The van der Waals surface area contributed by atoms with Gasteiger partial charge in [-0.15, -0.1) is 0 Å². The van der Waals surface area contributed by atoms with Gasteiger partial charge in [-0.2, -0.15) is 0 Å². The number of carbonyl (C=O) groups excluding carboxylic acids is 1. The summed E-state index contributed by atoms with van der Waals surface area (Å²) in [6.07, 6.45) is 38.7. The number of quaternary nitrogens is 1. The summed E-state index contributed by atoms with van der Waals surface area (Å²) in [6, 6.07) is -0.821. The van der Waals surface area contributed by atoms with Gasteiger partial charge in [0.05, 0.1) is 46.0 Å². The van der Waals surface area contributed by atoms with Gasteiger partial charge in [-0.05, 0) is 44.9 Å². The van der Waals surface area contributed by atoms with Crippen molar-refractivity contribution in [3.05, 3.63) is 48.6 Å². The van der Waals surface area contributed by atoms with E-state index in [1.807, 2.05) is 45.4 Å². The lowest BCUT2D eigenvalue weighted by Gasteiger charge is -2.26. The number of allylic oxidation sites excluding steroid dienone is 6. The van der Waals surface area contributed by atoms with E-state index in [-0.39, 0.29) is 25.5 Å². The molecule has 10 heteroatoms. The number of aliphatic hydroxyl groups is 2. The van der Waals surface area contributed by atoms with Crippen LogP contribution in [-0.4, -0.2) is 84.6 Å². The number of aliphatic hydroxyl groups excluding tert-OH is 2. The molecule has 0 radical (unpaired) electrons. The van der Waals surface area contributed by atoms with Crippen molar-refractivity contribution in [2.24, 2.45) is 0 Å². The van der Waals surface area contributed by atoms with Gasteiger partial charge in [0.2, 0.25) is 5.91 Å². The summed E-state index contributed by atoms with van der Waals surface area (Å²) in [5.41, 5.74) is 0. The molecule has 0 saturated carbocycles. The number of phosphoric acid groups is 1. The van der Waals surface area contributed by atoms with E-state index < -0.39 is 26.1 Å². The lowest BCUT2D eigenvalue weighted by atomic mass is 10.0. The Labute approximate surface area is 325 Å². The van der Waals surface area contributed by atoms with Crippen molar-refractivity contribution in [1.82, 2.24) is 5.32 Å². The maximum Gasteiger partial charge on any atom is 0.472 e. The average Bonchev–Trinajstić information content (AvgIpc) is 3.10. The predicted molar refractivity (Wildman–Crippen MR) is 223 cm³/mol. The third-order valence-corrected chi connectivity index (χ3v) is 10.1. The third-order valence-electron chi connectivity index (χ3n) is 9.16. The van der Waals surface area contributed by atoms with E-state index >= 15 is 0 Å². The van der Waals surface area contributed by atoms with Crippen LogP contribution in [0, 0.1) is 0 Å². The van der Waals surface area contributed by atoms with Gasteiger partial charge in [0.15, 0.2) is 0 Å². The summed E-state index contributed by atoms with van der Waals surface area (Å²) in [4.78, 5) is 23.1. The normalized spacial score (nSPS) is 15.5. The lowest BCUT2D eigenvalue weighted by Crippen LogP contribution is -2.46. The molecule has 0 aromatic carbocycles. The van der Waals surface area contributed by atoms with Crippen molar-refractivity contribution in [3.63, 3.8) is 0 Å². The highest BCUT2D eigenvalue weighted by Crippen LogP contribution is 2.43. The number of hydrogen-bond donors (Lipinski definition) is 4. The number of carbonyl (C=O) groups is 1.